The number of rotatable bonds is 1. The Labute approximate surface area is 158 Å². The first-order chi connectivity index (χ1) is 12.8. The molecule has 0 radical (unpaired) electrons. The molecule has 27 heavy (non-hydrogen) atoms. The zero-order chi connectivity index (χ0) is 19.2. The molecule has 0 aromatic carbocycles. The SMILES string of the molecule is CC(C)(C)OC(=O)N1c2nc(-c3cncc(F)c3)ccc2N2CCCC1C2. The quantitative estimate of drug-likeness (QED) is 0.759. The molecule has 0 aliphatic carbocycles. The number of hydrogen-bond acceptors (Lipinski definition) is 5. The maximum Gasteiger partial charge on any atom is 0.416 e. The second kappa shape index (κ2) is 6.48. The van der Waals surface area contributed by atoms with Crippen molar-refractivity contribution in [3.8, 4) is 11.3 Å². The normalized spacial score (nSPS) is 18.9. The van der Waals surface area contributed by atoms with Crippen molar-refractivity contribution in [2.45, 2.75) is 45.3 Å². The highest BCUT2D eigenvalue weighted by atomic mass is 19.1. The molecule has 1 saturated heterocycles. The van der Waals surface area contributed by atoms with Gasteiger partial charge in [-0.3, -0.25) is 9.88 Å². The van der Waals surface area contributed by atoms with Gasteiger partial charge in [-0.25, -0.2) is 14.2 Å². The van der Waals surface area contributed by atoms with Crippen LogP contribution in [0, 0.1) is 5.82 Å². The average molecular weight is 370 g/mol. The topological polar surface area (TPSA) is 58.6 Å². The number of halogens is 1. The summed E-state index contributed by atoms with van der Waals surface area (Å²) < 4.78 is 19.2. The third-order valence-electron chi connectivity index (χ3n) is 4.78. The van der Waals surface area contributed by atoms with Gasteiger partial charge in [0.2, 0.25) is 0 Å². The van der Waals surface area contributed by atoms with Crippen molar-refractivity contribution in [2.24, 2.45) is 0 Å². The third-order valence-corrected chi connectivity index (χ3v) is 4.78. The van der Waals surface area contributed by atoms with Crippen LogP contribution in [-0.4, -0.2) is 40.8 Å². The predicted octanol–water partition coefficient (Wildman–Crippen LogP) is 4.01. The molecule has 0 saturated carbocycles. The summed E-state index contributed by atoms with van der Waals surface area (Å²) in [6, 6.07) is 5.21. The molecule has 4 rings (SSSR count). The van der Waals surface area contributed by atoms with E-state index < -0.39 is 17.5 Å². The van der Waals surface area contributed by atoms with E-state index >= 15 is 0 Å². The van der Waals surface area contributed by atoms with Crippen molar-refractivity contribution in [1.82, 2.24) is 9.97 Å². The van der Waals surface area contributed by atoms with E-state index in [9.17, 15) is 9.18 Å². The molecule has 1 atom stereocenters. The van der Waals surface area contributed by atoms with Crippen LogP contribution in [0.15, 0.2) is 30.6 Å². The van der Waals surface area contributed by atoms with Gasteiger partial charge in [-0.15, -0.1) is 0 Å². The number of carbonyl (C=O) groups is 1. The van der Waals surface area contributed by atoms with Crippen LogP contribution in [0.1, 0.15) is 33.6 Å². The Bertz CT molecular complexity index is 881. The molecule has 1 fully saturated rings. The lowest BCUT2D eigenvalue weighted by Gasteiger charge is -2.46. The summed E-state index contributed by atoms with van der Waals surface area (Å²) in [5.74, 6) is 0.151. The lowest BCUT2D eigenvalue weighted by atomic mass is 9.99. The van der Waals surface area contributed by atoms with Crippen LogP contribution >= 0.6 is 0 Å². The summed E-state index contributed by atoms with van der Waals surface area (Å²) >= 11 is 0. The van der Waals surface area contributed by atoms with E-state index in [2.05, 4.69) is 9.88 Å². The Kier molecular flexibility index (Phi) is 4.25. The van der Waals surface area contributed by atoms with E-state index in [0.29, 0.717) is 17.1 Å². The van der Waals surface area contributed by atoms with Gasteiger partial charge in [-0.1, -0.05) is 0 Å². The number of amides is 1. The summed E-state index contributed by atoms with van der Waals surface area (Å²) in [7, 11) is 0. The molecular formula is C20H23FN4O2. The number of aromatic nitrogens is 2. The number of piperidine rings is 1. The molecule has 1 amide bonds. The molecule has 7 heteroatoms. The lowest BCUT2D eigenvalue weighted by Crippen LogP contribution is -2.56. The maximum atomic E-state index is 13.6. The van der Waals surface area contributed by atoms with Crippen LogP contribution in [-0.2, 0) is 4.74 Å². The van der Waals surface area contributed by atoms with Crippen LogP contribution in [0.5, 0.6) is 0 Å². The van der Waals surface area contributed by atoms with Crippen molar-refractivity contribution in [3.63, 3.8) is 0 Å². The number of carbonyl (C=O) groups excluding carboxylic acids is 1. The zero-order valence-electron chi connectivity index (χ0n) is 15.8. The Morgan fingerprint density at radius 1 is 1.30 bits per heavy atom. The summed E-state index contributed by atoms with van der Waals surface area (Å²) in [6.45, 7) is 7.27. The Morgan fingerprint density at radius 2 is 2.11 bits per heavy atom. The first kappa shape index (κ1) is 17.7. The average Bonchev–Trinajstić information content (AvgIpc) is 2.60. The zero-order valence-corrected chi connectivity index (χ0v) is 15.8. The van der Waals surface area contributed by atoms with Crippen LogP contribution < -0.4 is 9.80 Å². The summed E-state index contributed by atoms with van der Waals surface area (Å²) in [5.41, 5.74) is 1.47. The molecular weight excluding hydrogens is 347 g/mol. The van der Waals surface area contributed by atoms with Crippen molar-refractivity contribution >= 4 is 17.6 Å². The molecule has 4 heterocycles. The summed E-state index contributed by atoms with van der Waals surface area (Å²) in [4.78, 5) is 25.5. The van der Waals surface area contributed by atoms with E-state index in [-0.39, 0.29) is 6.04 Å². The highest BCUT2D eigenvalue weighted by molar-refractivity contribution is 5.93. The second-order valence-corrected chi connectivity index (χ2v) is 8.02. The highest BCUT2D eigenvalue weighted by Crippen LogP contribution is 2.39. The first-order valence-corrected chi connectivity index (χ1v) is 9.21. The molecule has 0 N–H and O–H groups in total. The molecule has 0 spiro atoms. The van der Waals surface area contributed by atoms with Gasteiger partial charge >= 0.3 is 6.09 Å². The highest BCUT2D eigenvalue weighted by Gasteiger charge is 2.40. The van der Waals surface area contributed by atoms with Crippen LogP contribution in [0.25, 0.3) is 11.3 Å². The number of fused-ring (bicyclic) bond motifs is 4. The summed E-state index contributed by atoms with van der Waals surface area (Å²) in [6.07, 6.45) is 4.25. The molecule has 2 aromatic heterocycles. The predicted molar refractivity (Wildman–Crippen MR) is 101 cm³/mol. The fourth-order valence-corrected chi connectivity index (χ4v) is 3.68. The Balaban J connectivity index is 1.79. The molecule has 6 nitrogen and oxygen atoms in total. The molecule has 2 bridgehead atoms. The molecule has 142 valence electrons. The van der Waals surface area contributed by atoms with E-state index in [1.54, 1.807) is 11.1 Å². The van der Waals surface area contributed by atoms with Crippen LogP contribution in [0.2, 0.25) is 0 Å². The fourth-order valence-electron chi connectivity index (χ4n) is 3.68. The van der Waals surface area contributed by atoms with Crippen LogP contribution in [0.4, 0.5) is 20.7 Å². The number of pyridine rings is 2. The van der Waals surface area contributed by atoms with E-state index in [4.69, 9.17) is 9.72 Å². The van der Waals surface area contributed by atoms with Crippen LogP contribution in [0.3, 0.4) is 0 Å². The second-order valence-electron chi connectivity index (χ2n) is 8.02. The fraction of sp³-hybridized carbons (Fsp3) is 0.450. The van der Waals surface area contributed by atoms with Gasteiger partial charge in [-0.2, -0.15) is 0 Å². The number of ether oxygens (including phenoxy) is 1. The largest absolute Gasteiger partial charge is 0.443 e. The molecule has 2 aliphatic heterocycles. The van der Waals surface area contributed by atoms with E-state index in [1.807, 2.05) is 32.9 Å². The van der Waals surface area contributed by atoms with Gasteiger partial charge in [0.15, 0.2) is 5.82 Å². The molecule has 2 aromatic rings. The van der Waals surface area contributed by atoms with Gasteiger partial charge < -0.3 is 9.64 Å². The van der Waals surface area contributed by atoms with E-state index in [0.717, 1.165) is 37.8 Å². The van der Waals surface area contributed by atoms with Crippen molar-refractivity contribution in [3.05, 3.63) is 36.4 Å². The van der Waals surface area contributed by atoms with Gasteiger partial charge in [0, 0.05) is 24.8 Å². The smallest absolute Gasteiger partial charge is 0.416 e. The van der Waals surface area contributed by atoms with Gasteiger partial charge in [-0.05, 0) is 51.8 Å². The standard InChI is InChI=1S/C20H23FN4O2/c1-20(2,3)27-19(26)25-15-5-4-8-24(12-15)17-7-6-16(23-18(17)25)13-9-14(21)11-22-10-13/h6-7,9-11,15H,4-5,8,12H2,1-3H3. The molecule has 1 unspecified atom stereocenters. The van der Waals surface area contributed by atoms with Crippen molar-refractivity contribution in [1.29, 1.82) is 0 Å². The third kappa shape index (κ3) is 3.46. The van der Waals surface area contributed by atoms with E-state index in [1.165, 1.54) is 6.07 Å². The van der Waals surface area contributed by atoms with Crippen molar-refractivity contribution < 1.29 is 13.9 Å². The monoisotopic (exact) mass is 370 g/mol. The number of anilines is 2. The Morgan fingerprint density at radius 3 is 2.85 bits per heavy atom. The van der Waals surface area contributed by atoms with Gasteiger partial charge in [0.05, 0.1) is 23.6 Å². The lowest BCUT2D eigenvalue weighted by molar-refractivity contribution is 0.0558. The minimum atomic E-state index is -0.590. The van der Waals surface area contributed by atoms with Gasteiger partial charge in [0.1, 0.15) is 11.4 Å². The van der Waals surface area contributed by atoms with Gasteiger partial charge in [0.25, 0.3) is 0 Å². The first-order valence-electron chi connectivity index (χ1n) is 9.21. The number of hydrogen-bond donors (Lipinski definition) is 0. The molecule has 2 aliphatic rings. The van der Waals surface area contributed by atoms with Crippen molar-refractivity contribution in [2.75, 3.05) is 22.9 Å². The Hall–Kier alpha value is -2.70. The minimum Gasteiger partial charge on any atom is -0.443 e. The summed E-state index contributed by atoms with van der Waals surface area (Å²) in [5, 5.41) is 0. The number of nitrogens with zero attached hydrogens (tertiary/aromatic N) is 4. The minimum absolute atomic E-state index is 0.0227. The maximum absolute atomic E-state index is 13.6.